The van der Waals surface area contributed by atoms with Crippen LogP contribution >= 0.6 is 0 Å². The second kappa shape index (κ2) is 5.97. The molecule has 0 heterocycles. The van der Waals surface area contributed by atoms with Crippen molar-refractivity contribution >= 4 is 5.78 Å². The lowest BCUT2D eigenvalue weighted by Gasteiger charge is -2.38. The predicted octanol–water partition coefficient (Wildman–Crippen LogP) is 5.23. The average molecular weight is 264 g/mol. The first kappa shape index (κ1) is 15.1. The summed E-state index contributed by atoms with van der Waals surface area (Å²) in [5.41, 5.74) is 0.0651. The Hall–Kier alpha value is -0.330. The summed E-state index contributed by atoms with van der Waals surface area (Å²) in [6.45, 7) is 9.22. The number of hydrogen-bond acceptors (Lipinski definition) is 1. The highest BCUT2D eigenvalue weighted by atomic mass is 16.1. The number of ketones is 1. The molecule has 2 unspecified atom stereocenters. The Balaban J connectivity index is 2.10. The van der Waals surface area contributed by atoms with Crippen molar-refractivity contribution in [2.75, 3.05) is 0 Å². The molecule has 0 aromatic rings. The Labute approximate surface area is 119 Å². The van der Waals surface area contributed by atoms with Gasteiger partial charge in [0, 0.05) is 11.3 Å². The Morgan fingerprint density at radius 3 is 2.05 bits per heavy atom. The Morgan fingerprint density at radius 2 is 1.58 bits per heavy atom. The van der Waals surface area contributed by atoms with E-state index in [2.05, 4.69) is 27.7 Å². The maximum Gasteiger partial charge on any atom is 0.142 e. The molecule has 0 N–H and O–H groups in total. The smallest absolute Gasteiger partial charge is 0.142 e. The topological polar surface area (TPSA) is 17.1 Å². The minimum atomic E-state index is 0.0651. The lowest BCUT2D eigenvalue weighted by atomic mass is 9.65. The molecular formula is C18H32O. The first-order valence-corrected chi connectivity index (χ1v) is 8.47. The number of rotatable bonds is 4. The van der Waals surface area contributed by atoms with Crippen molar-refractivity contribution in [1.82, 2.24) is 0 Å². The molecular weight excluding hydrogens is 232 g/mol. The monoisotopic (exact) mass is 264 g/mol. The summed E-state index contributed by atoms with van der Waals surface area (Å²) in [7, 11) is 0. The fraction of sp³-hybridized carbons (Fsp3) is 0.944. The first-order valence-electron chi connectivity index (χ1n) is 8.47. The van der Waals surface area contributed by atoms with Gasteiger partial charge in [0.1, 0.15) is 5.78 Å². The molecule has 2 aliphatic carbocycles. The van der Waals surface area contributed by atoms with Crippen molar-refractivity contribution in [3.63, 3.8) is 0 Å². The molecule has 110 valence electrons. The fourth-order valence-electron chi connectivity index (χ4n) is 4.98. The molecule has 0 aliphatic heterocycles. The van der Waals surface area contributed by atoms with E-state index in [4.69, 9.17) is 0 Å². The molecule has 2 rings (SSSR count). The SMILES string of the molecule is CC(C)CC1(C(=O)C2CC(C)CC(C)C2)CCCC1. The van der Waals surface area contributed by atoms with E-state index in [0.29, 0.717) is 17.6 Å². The quantitative estimate of drug-likeness (QED) is 0.679. The Bertz CT molecular complexity index is 302. The lowest BCUT2D eigenvalue weighted by molar-refractivity contribution is -0.135. The van der Waals surface area contributed by atoms with Gasteiger partial charge in [-0.1, -0.05) is 40.5 Å². The number of hydrogen-bond donors (Lipinski definition) is 0. The van der Waals surface area contributed by atoms with Gasteiger partial charge >= 0.3 is 0 Å². The van der Waals surface area contributed by atoms with Gasteiger partial charge in [-0.15, -0.1) is 0 Å². The molecule has 0 radical (unpaired) electrons. The molecule has 1 heteroatoms. The van der Waals surface area contributed by atoms with Crippen molar-refractivity contribution in [2.45, 2.75) is 79.1 Å². The lowest BCUT2D eigenvalue weighted by Crippen LogP contribution is -2.38. The second-order valence-electron chi connectivity index (χ2n) is 8.06. The van der Waals surface area contributed by atoms with E-state index in [0.717, 1.165) is 31.1 Å². The van der Waals surface area contributed by atoms with Crippen LogP contribution in [0.25, 0.3) is 0 Å². The third-order valence-corrected chi connectivity index (χ3v) is 5.43. The van der Waals surface area contributed by atoms with Gasteiger partial charge < -0.3 is 0 Å². The minimum absolute atomic E-state index is 0.0651. The third kappa shape index (κ3) is 3.41. The summed E-state index contributed by atoms with van der Waals surface area (Å²) in [4.78, 5) is 13.1. The van der Waals surface area contributed by atoms with Crippen LogP contribution in [0.3, 0.4) is 0 Å². The average Bonchev–Trinajstić information content (AvgIpc) is 2.75. The highest BCUT2D eigenvalue weighted by Gasteiger charge is 2.45. The van der Waals surface area contributed by atoms with Gasteiger partial charge in [-0.2, -0.15) is 0 Å². The summed E-state index contributed by atoms with van der Waals surface area (Å²) in [6.07, 6.45) is 9.65. The molecule has 0 spiro atoms. The van der Waals surface area contributed by atoms with Crippen LogP contribution in [0.5, 0.6) is 0 Å². The van der Waals surface area contributed by atoms with Gasteiger partial charge in [0.25, 0.3) is 0 Å². The second-order valence-corrected chi connectivity index (χ2v) is 8.06. The molecule has 2 atom stereocenters. The number of carbonyl (C=O) groups is 1. The van der Waals surface area contributed by atoms with Gasteiger partial charge in [0.15, 0.2) is 0 Å². The maximum absolute atomic E-state index is 13.1. The first-order chi connectivity index (χ1) is 8.93. The Morgan fingerprint density at radius 1 is 1.05 bits per heavy atom. The molecule has 0 saturated heterocycles. The summed E-state index contributed by atoms with van der Waals surface area (Å²) >= 11 is 0. The largest absolute Gasteiger partial charge is 0.299 e. The maximum atomic E-state index is 13.1. The van der Waals surface area contributed by atoms with Gasteiger partial charge in [-0.05, 0) is 56.3 Å². The van der Waals surface area contributed by atoms with Gasteiger partial charge in [0.2, 0.25) is 0 Å². The van der Waals surface area contributed by atoms with Crippen LogP contribution < -0.4 is 0 Å². The summed E-state index contributed by atoms with van der Waals surface area (Å²) in [5, 5.41) is 0. The van der Waals surface area contributed by atoms with E-state index >= 15 is 0 Å². The molecule has 0 bridgehead atoms. The molecule has 2 aliphatic rings. The number of Topliss-reactive ketones (excluding diaryl/α,β-unsaturated/α-hetero) is 1. The predicted molar refractivity (Wildman–Crippen MR) is 81.0 cm³/mol. The van der Waals surface area contributed by atoms with Crippen LogP contribution in [-0.4, -0.2) is 5.78 Å². The van der Waals surface area contributed by atoms with Gasteiger partial charge in [-0.3, -0.25) is 4.79 Å². The van der Waals surface area contributed by atoms with E-state index in [9.17, 15) is 4.79 Å². The zero-order chi connectivity index (χ0) is 14.0. The van der Waals surface area contributed by atoms with Crippen molar-refractivity contribution in [3.8, 4) is 0 Å². The minimum Gasteiger partial charge on any atom is -0.299 e. The Kier molecular flexibility index (Phi) is 4.74. The molecule has 0 amide bonds. The fourth-order valence-corrected chi connectivity index (χ4v) is 4.98. The van der Waals surface area contributed by atoms with Crippen LogP contribution in [-0.2, 0) is 4.79 Å². The molecule has 19 heavy (non-hydrogen) atoms. The van der Waals surface area contributed by atoms with E-state index < -0.39 is 0 Å². The number of carbonyl (C=O) groups excluding carboxylic acids is 1. The molecule has 0 aromatic carbocycles. The highest BCUT2D eigenvalue weighted by Crippen LogP contribution is 2.48. The summed E-state index contributed by atoms with van der Waals surface area (Å²) in [5.74, 6) is 3.17. The highest BCUT2D eigenvalue weighted by molar-refractivity contribution is 5.87. The van der Waals surface area contributed by atoms with Crippen molar-refractivity contribution < 1.29 is 4.79 Å². The normalized spacial score (nSPS) is 34.7. The van der Waals surface area contributed by atoms with E-state index in [1.807, 2.05) is 0 Å². The van der Waals surface area contributed by atoms with Crippen molar-refractivity contribution in [3.05, 3.63) is 0 Å². The van der Waals surface area contributed by atoms with Crippen LogP contribution in [0, 0.1) is 29.1 Å². The third-order valence-electron chi connectivity index (χ3n) is 5.43. The van der Waals surface area contributed by atoms with Gasteiger partial charge in [-0.25, -0.2) is 0 Å². The standard InChI is InChI=1S/C18H32O/c1-13(2)12-18(7-5-6-8-18)17(19)16-10-14(3)9-15(4)11-16/h13-16H,5-12H2,1-4H3. The van der Waals surface area contributed by atoms with E-state index in [1.165, 1.54) is 32.1 Å². The van der Waals surface area contributed by atoms with Crippen molar-refractivity contribution in [1.29, 1.82) is 0 Å². The zero-order valence-electron chi connectivity index (χ0n) is 13.4. The van der Waals surface area contributed by atoms with Crippen LogP contribution in [0.2, 0.25) is 0 Å². The van der Waals surface area contributed by atoms with Crippen LogP contribution in [0.1, 0.15) is 79.1 Å². The van der Waals surface area contributed by atoms with E-state index in [1.54, 1.807) is 0 Å². The van der Waals surface area contributed by atoms with Gasteiger partial charge in [0.05, 0.1) is 0 Å². The zero-order valence-corrected chi connectivity index (χ0v) is 13.4. The van der Waals surface area contributed by atoms with Crippen LogP contribution in [0.4, 0.5) is 0 Å². The van der Waals surface area contributed by atoms with E-state index in [-0.39, 0.29) is 5.41 Å². The molecule has 2 saturated carbocycles. The molecule has 0 aromatic heterocycles. The molecule has 1 nitrogen and oxygen atoms in total. The summed E-state index contributed by atoms with van der Waals surface area (Å²) in [6, 6.07) is 0. The summed E-state index contributed by atoms with van der Waals surface area (Å²) < 4.78 is 0. The molecule has 2 fully saturated rings. The van der Waals surface area contributed by atoms with Crippen LogP contribution in [0.15, 0.2) is 0 Å². The van der Waals surface area contributed by atoms with Crippen molar-refractivity contribution in [2.24, 2.45) is 29.1 Å².